The highest BCUT2D eigenvalue weighted by Crippen LogP contribution is 2.51. The number of likely N-dealkylation sites (N-methyl/N-ethyl adjacent to an activating group) is 1. The highest BCUT2D eigenvalue weighted by molar-refractivity contribution is 7.09. The summed E-state index contributed by atoms with van der Waals surface area (Å²) in [6, 6.07) is 11.5. The van der Waals surface area contributed by atoms with Gasteiger partial charge in [0.15, 0.2) is 0 Å². The molecule has 1 aliphatic rings. The number of rotatable bonds is 6. The third kappa shape index (κ3) is 2.65. The summed E-state index contributed by atoms with van der Waals surface area (Å²) in [4.78, 5) is 4.65. The van der Waals surface area contributed by atoms with Gasteiger partial charge in [-0.05, 0) is 31.9 Å². The van der Waals surface area contributed by atoms with Crippen LogP contribution in [0, 0.1) is 6.92 Å². The molecule has 0 saturated heterocycles. The van der Waals surface area contributed by atoms with E-state index in [4.69, 9.17) is 0 Å². The third-order valence-corrected chi connectivity index (χ3v) is 5.29. The Morgan fingerprint density at radius 3 is 2.60 bits per heavy atom. The van der Waals surface area contributed by atoms with E-state index in [-0.39, 0.29) is 0 Å². The largest absolute Gasteiger partial charge is 0.313 e. The lowest BCUT2D eigenvalue weighted by atomic mass is 9.86. The van der Waals surface area contributed by atoms with Crippen molar-refractivity contribution in [3.8, 4) is 0 Å². The second kappa shape index (κ2) is 5.66. The van der Waals surface area contributed by atoms with Crippen molar-refractivity contribution in [3.05, 3.63) is 52.0 Å². The van der Waals surface area contributed by atoms with Crippen LogP contribution in [0.1, 0.15) is 36.0 Å². The van der Waals surface area contributed by atoms with Crippen LogP contribution in [-0.2, 0) is 11.8 Å². The van der Waals surface area contributed by atoms with Crippen LogP contribution in [0.2, 0.25) is 0 Å². The van der Waals surface area contributed by atoms with Gasteiger partial charge < -0.3 is 5.32 Å². The predicted octanol–water partition coefficient (Wildman–Crippen LogP) is 3.70. The summed E-state index contributed by atoms with van der Waals surface area (Å²) in [6.07, 6.45) is 3.62. The SMILES string of the molecule is CCNC(Cc1nc(C)cs1)C1(c2ccccc2)CC1. The molecule has 2 aromatic rings. The van der Waals surface area contributed by atoms with Crippen molar-refractivity contribution in [2.75, 3.05) is 6.54 Å². The average Bonchev–Trinajstić information content (AvgIpc) is 3.18. The molecule has 1 aromatic heterocycles. The molecule has 1 unspecified atom stereocenters. The molecule has 3 heteroatoms. The number of thiazole rings is 1. The Balaban J connectivity index is 1.83. The van der Waals surface area contributed by atoms with Crippen LogP contribution in [0.5, 0.6) is 0 Å². The van der Waals surface area contributed by atoms with Crippen molar-refractivity contribution in [2.24, 2.45) is 0 Å². The maximum atomic E-state index is 4.65. The van der Waals surface area contributed by atoms with Crippen LogP contribution in [0.3, 0.4) is 0 Å². The summed E-state index contributed by atoms with van der Waals surface area (Å²) in [6.45, 7) is 5.29. The Morgan fingerprint density at radius 1 is 1.30 bits per heavy atom. The van der Waals surface area contributed by atoms with E-state index < -0.39 is 0 Å². The Labute approximate surface area is 125 Å². The molecule has 1 aromatic carbocycles. The van der Waals surface area contributed by atoms with E-state index in [2.05, 4.69) is 59.9 Å². The quantitative estimate of drug-likeness (QED) is 0.876. The first-order valence-corrected chi connectivity index (χ1v) is 8.32. The maximum absolute atomic E-state index is 4.65. The van der Waals surface area contributed by atoms with Crippen molar-refractivity contribution in [1.82, 2.24) is 10.3 Å². The molecule has 0 bridgehead atoms. The fourth-order valence-electron chi connectivity index (χ4n) is 3.12. The number of aromatic nitrogens is 1. The molecule has 0 amide bonds. The summed E-state index contributed by atoms with van der Waals surface area (Å²) in [5.41, 5.74) is 2.96. The minimum absolute atomic E-state index is 0.330. The molecule has 0 aliphatic heterocycles. The number of benzene rings is 1. The lowest BCUT2D eigenvalue weighted by Crippen LogP contribution is -2.41. The maximum Gasteiger partial charge on any atom is 0.0943 e. The van der Waals surface area contributed by atoms with Gasteiger partial charge in [-0.3, -0.25) is 0 Å². The van der Waals surface area contributed by atoms with E-state index in [0.717, 1.165) is 18.7 Å². The van der Waals surface area contributed by atoms with Gasteiger partial charge in [0, 0.05) is 29.0 Å². The zero-order valence-electron chi connectivity index (χ0n) is 12.2. The number of hydrogen-bond donors (Lipinski definition) is 1. The van der Waals surface area contributed by atoms with Crippen LogP contribution in [0.25, 0.3) is 0 Å². The first-order chi connectivity index (χ1) is 9.74. The molecule has 1 aliphatic carbocycles. The monoisotopic (exact) mass is 286 g/mol. The summed E-state index contributed by atoms with van der Waals surface area (Å²) in [5.74, 6) is 0. The Hall–Kier alpha value is -1.19. The zero-order valence-corrected chi connectivity index (χ0v) is 13.0. The fourth-order valence-corrected chi connectivity index (χ4v) is 3.94. The molecule has 1 N–H and O–H groups in total. The van der Waals surface area contributed by atoms with Crippen molar-refractivity contribution in [3.63, 3.8) is 0 Å². The average molecular weight is 286 g/mol. The van der Waals surface area contributed by atoms with Gasteiger partial charge >= 0.3 is 0 Å². The first kappa shape index (κ1) is 13.8. The minimum Gasteiger partial charge on any atom is -0.313 e. The van der Waals surface area contributed by atoms with Gasteiger partial charge in [0.25, 0.3) is 0 Å². The molecule has 106 valence electrons. The highest BCUT2D eigenvalue weighted by atomic mass is 32.1. The van der Waals surface area contributed by atoms with E-state index in [1.54, 1.807) is 11.3 Å². The summed E-state index contributed by atoms with van der Waals surface area (Å²) >= 11 is 1.79. The van der Waals surface area contributed by atoms with Crippen LogP contribution in [0.4, 0.5) is 0 Å². The first-order valence-electron chi connectivity index (χ1n) is 7.44. The molecule has 1 fully saturated rings. The van der Waals surface area contributed by atoms with Crippen LogP contribution < -0.4 is 5.32 Å². The van der Waals surface area contributed by atoms with Gasteiger partial charge in [-0.25, -0.2) is 4.98 Å². The molecule has 0 spiro atoms. The second-order valence-corrected chi connectivity index (χ2v) is 6.66. The second-order valence-electron chi connectivity index (χ2n) is 5.72. The molecule has 3 rings (SSSR count). The number of nitrogens with zero attached hydrogens (tertiary/aromatic N) is 1. The van der Waals surface area contributed by atoms with Gasteiger partial charge in [-0.1, -0.05) is 37.3 Å². The van der Waals surface area contributed by atoms with Gasteiger partial charge in [0.05, 0.1) is 5.01 Å². The standard InChI is InChI=1S/C17H22N2S/c1-3-18-15(11-16-19-13(2)12-20-16)17(9-10-17)14-7-5-4-6-8-14/h4-8,12,15,18H,3,9-11H2,1-2H3. The van der Waals surface area contributed by atoms with Crippen LogP contribution in [-0.4, -0.2) is 17.6 Å². The van der Waals surface area contributed by atoms with Crippen LogP contribution >= 0.6 is 11.3 Å². The van der Waals surface area contributed by atoms with Crippen molar-refractivity contribution < 1.29 is 0 Å². The summed E-state index contributed by atoms with van der Waals surface area (Å²) in [5, 5.41) is 7.12. The van der Waals surface area contributed by atoms with E-state index in [0.29, 0.717) is 11.5 Å². The molecular formula is C17H22N2S. The van der Waals surface area contributed by atoms with E-state index in [9.17, 15) is 0 Å². The number of hydrogen-bond acceptors (Lipinski definition) is 3. The lowest BCUT2D eigenvalue weighted by molar-refractivity contribution is 0.421. The molecule has 1 atom stereocenters. The lowest BCUT2D eigenvalue weighted by Gasteiger charge is -2.28. The van der Waals surface area contributed by atoms with Gasteiger partial charge in [-0.15, -0.1) is 11.3 Å². The van der Waals surface area contributed by atoms with Crippen molar-refractivity contribution in [2.45, 2.75) is 44.6 Å². The number of nitrogens with one attached hydrogen (secondary N) is 1. The zero-order chi connectivity index (χ0) is 14.0. The molecule has 20 heavy (non-hydrogen) atoms. The van der Waals surface area contributed by atoms with E-state index in [1.165, 1.54) is 23.4 Å². The number of aryl methyl sites for hydroxylation is 1. The van der Waals surface area contributed by atoms with Crippen molar-refractivity contribution in [1.29, 1.82) is 0 Å². The fraction of sp³-hybridized carbons (Fsp3) is 0.471. The van der Waals surface area contributed by atoms with Gasteiger partial charge in [-0.2, -0.15) is 0 Å². The summed E-state index contributed by atoms with van der Waals surface area (Å²) in [7, 11) is 0. The van der Waals surface area contributed by atoms with Gasteiger partial charge in [0.2, 0.25) is 0 Å². The Kier molecular flexibility index (Phi) is 3.90. The predicted molar refractivity (Wildman–Crippen MR) is 85.4 cm³/mol. The third-order valence-electron chi connectivity index (χ3n) is 4.30. The Bertz CT molecular complexity index is 557. The van der Waals surface area contributed by atoms with Crippen molar-refractivity contribution >= 4 is 11.3 Å². The van der Waals surface area contributed by atoms with E-state index in [1.807, 2.05) is 0 Å². The molecule has 1 saturated carbocycles. The summed E-state index contributed by atoms with van der Waals surface area (Å²) < 4.78 is 0. The highest BCUT2D eigenvalue weighted by Gasteiger charge is 2.50. The topological polar surface area (TPSA) is 24.9 Å². The molecule has 2 nitrogen and oxygen atoms in total. The van der Waals surface area contributed by atoms with Crippen LogP contribution in [0.15, 0.2) is 35.7 Å². The van der Waals surface area contributed by atoms with E-state index >= 15 is 0 Å². The Morgan fingerprint density at radius 2 is 2.05 bits per heavy atom. The minimum atomic E-state index is 0.330. The van der Waals surface area contributed by atoms with Gasteiger partial charge in [0.1, 0.15) is 0 Å². The molecular weight excluding hydrogens is 264 g/mol. The smallest absolute Gasteiger partial charge is 0.0943 e. The molecule has 1 heterocycles. The normalized spacial score (nSPS) is 17.9. The molecule has 0 radical (unpaired) electrons.